The van der Waals surface area contributed by atoms with E-state index in [2.05, 4.69) is 35.8 Å². The van der Waals surface area contributed by atoms with Crippen LogP contribution in [0.4, 0.5) is 5.69 Å². The van der Waals surface area contributed by atoms with Gasteiger partial charge in [0.2, 0.25) is 0 Å². The molecule has 2 aromatic heterocycles. The summed E-state index contributed by atoms with van der Waals surface area (Å²) in [5, 5.41) is 7.15. The Morgan fingerprint density at radius 1 is 1.67 bits per heavy atom. The average molecular weight is 271 g/mol. The molecule has 0 fully saturated rings. The Morgan fingerprint density at radius 2 is 2.40 bits per heavy atom. The molecule has 6 nitrogen and oxygen atoms in total. The molecule has 2 aromatic rings. The van der Waals surface area contributed by atoms with Crippen LogP contribution in [0.25, 0.3) is 11.0 Å². The molecule has 3 N–H and O–H groups in total. The lowest BCUT2D eigenvalue weighted by molar-refractivity contribution is 0.0601. The molecule has 0 unspecified atom stereocenters. The monoisotopic (exact) mass is 270 g/mol. The second kappa shape index (κ2) is 3.50. The van der Waals surface area contributed by atoms with Crippen LogP contribution in [0, 0.1) is 0 Å². The van der Waals surface area contributed by atoms with Gasteiger partial charge >= 0.3 is 5.97 Å². The zero-order valence-corrected chi connectivity index (χ0v) is 9.33. The van der Waals surface area contributed by atoms with Gasteiger partial charge in [0, 0.05) is 6.20 Å². The van der Waals surface area contributed by atoms with Crippen molar-refractivity contribution < 1.29 is 9.53 Å². The Kier molecular flexibility index (Phi) is 2.31. The molecule has 0 atom stereocenters. The Labute approximate surface area is 92.9 Å². The number of hydrogen-bond acceptors (Lipinski definition) is 5. The quantitative estimate of drug-likeness (QED) is 0.757. The lowest BCUT2D eigenvalue weighted by Gasteiger charge is -2.03. The number of carbonyl (C=O) groups excluding carboxylic acids is 1. The van der Waals surface area contributed by atoms with Crippen molar-refractivity contribution in [2.45, 2.75) is 0 Å². The Balaban J connectivity index is 2.74. The highest BCUT2D eigenvalue weighted by Crippen LogP contribution is 2.28. The number of H-pyrrole nitrogens is 1. The van der Waals surface area contributed by atoms with Gasteiger partial charge in [-0.15, -0.1) is 0 Å². The summed E-state index contributed by atoms with van der Waals surface area (Å²) in [6, 6.07) is 0. The summed E-state index contributed by atoms with van der Waals surface area (Å²) in [6.45, 7) is 0. The van der Waals surface area contributed by atoms with Crippen LogP contribution in [0.5, 0.6) is 0 Å². The summed E-state index contributed by atoms with van der Waals surface area (Å²) in [5.74, 6) is -0.519. The van der Waals surface area contributed by atoms with Gasteiger partial charge in [0.15, 0.2) is 5.65 Å². The molecule has 0 spiro atoms. The van der Waals surface area contributed by atoms with E-state index in [0.29, 0.717) is 21.3 Å². The number of fused-ring (bicyclic) bond motifs is 1. The predicted molar refractivity (Wildman–Crippen MR) is 57.3 cm³/mol. The van der Waals surface area contributed by atoms with Gasteiger partial charge in [0.1, 0.15) is 10.2 Å². The zero-order chi connectivity index (χ0) is 11.0. The number of pyridine rings is 1. The fraction of sp³-hybridized carbons (Fsp3) is 0.125. The molecular formula is C8H7BrN4O2. The Morgan fingerprint density at radius 3 is 3.07 bits per heavy atom. The first kappa shape index (κ1) is 9.91. The number of aromatic nitrogens is 3. The second-order valence-electron chi connectivity index (χ2n) is 2.81. The number of aromatic amines is 1. The largest absolute Gasteiger partial charge is 0.465 e. The van der Waals surface area contributed by atoms with Crippen LogP contribution in [-0.2, 0) is 4.74 Å². The summed E-state index contributed by atoms with van der Waals surface area (Å²) < 4.78 is 5.17. The topological polar surface area (TPSA) is 93.9 Å². The van der Waals surface area contributed by atoms with Gasteiger partial charge in [-0.05, 0) is 15.9 Å². The normalized spacial score (nSPS) is 10.5. The number of anilines is 1. The third-order valence-electron chi connectivity index (χ3n) is 1.98. The fourth-order valence-corrected chi connectivity index (χ4v) is 1.73. The molecule has 15 heavy (non-hydrogen) atoms. The van der Waals surface area contributed by atoms with Gasteiger partial charge < -0.3 is 10.5 Å². The van der Waals surface area contributed by atoms with E-state index in [4.69, 9.17) is 5.73 Å². The van der Waals surface area contributed by atoms with Crippen molar-refractivity contribution in [2.75, 3.05) is 12.8 Å². The maximum atomic E-state index is 11.3. The molecule has 2 rings (SSSR count). The van der Waals surface area contributed by atoms with Crippen molar-refractivity contribution in [3.05, 3.63) is 16.4 Å². The Hall–Kier alpha value is -1.63. The zero-order valence-electron chi connectivity index (χ0n) is 7.74. The number of carbonyl (C=O) groups is 1. The standard InChI is InChI=1S/C8H7BrN4O2/c1-15-8(14)3-2-11-7-4(5(3)10)6(9)12-13-7/h2H,1H3,(H3,10,11,12,13). The molecule has 2 heterocycles. The van der Waals surface area contributed by atoms with Gasteiger partial charge in [0.05, 0.1) is 18.2 Å². The first-order valence-corrected chi connectivity index (χ1v) is 4.80. The number of hydrogen-bond donors (Lipinski definition) is 2. The lowest BCUT2D eigenvalue weighted by Crippen LogP contribution is -2.06. The molecule has 7 heteroatoms. The van der Waals surface area contributed by atoms with Crippen molar-refractivity contribution in [1.29, 1.82) is 0 Å². The van der Waals surface area contributed by atoms with Gasteiger partial charge in [-0.2, -0.15) is 5.10 Å². The van der Waals surface area contributed by atoms with Crippen molar-refractivity contribution in [3.8, 4) is 0 Å². The number of esters is 1. The summed E-state index contributed by atoms with van der Waals surface area (Å²) in [4.78, 5) is 15.3. The minimum atomic E-state index is -0.519. The molecule has 0 bridgehead atoms. The van der Waals surface area contributed by atoms with Crippen molar-refractivity contribution in [2.24, 2.45) is 0 Å². The van der Waals surface area contributed by atoms with Crippen LogP contribution in [0.1, 0.15) is 10.4 Å². The van der Waals surface area contributed by atoms with Gasteiger partial charge in [-0.1, -0.05) is 0 Å². The number of nitrogen functional groups attached to an aromatic ring is 1. The molecular weight excluding hydrogens is 264 g/mol. The van der Waals surface area contributed by atoms with E-state index >= 15 is 0 Å². The van der Waals surface area contributed by atoms with Crippen LogP contribution < -0.4 is 5.73 Å². The van der Waals surface area contributed by atoms with E-state index < -0.39 is 5.97 Å². The van der Waals surface area contributed by atoms with E-state index in [9.17, 15) is 4.79 Å². The van der Waals surface area contributed by atoms with Gasteiger partial charge in [0.25, 0.3) is 0 Å². The first-order valence-electron chi connectivity index (χ1n) is 4.01. The van der Waals surface area contributed by atoms with E-state index in [1.165, 1.54) is 13.3 Å². The number of rotatable bonds is 1. The van der Waals surface area contributed by atoms with Crippen LogP contribution in [0.3, 0.4) is 0 Å². The molecule has 0 saturated heterocycles. The molecule has 0 aromatic carbocycles. The van der Waals surface area contributed by atoms with Gasteiger partial charge in [-0.3, -0.25) is 5.10 Å². The number of ether oxygens (including phenoxy) is 1. The summed E-state index contributed by atoms with van der Waals surface area (Å²) in [6.07, 6.45) is 1.34. The van der Waals surface area contributed by atoms with Crippen molar-refractivity contribution in [3.63, 3.8) is 0 Å². The molecule has 0 radical (unpaired) electrons. The number of methoxy groups -OCH3 is 1. The number of halogens is 1. The molecule has 0 aliphatic carbocycles. The minimum Gasteiger partial charge on any atom is -0.465 e. The highest BCUT2D eigenvalue weighted by Gasteiger charge is 2.16. The second-order valence-corrected chi connectivity index (χ2v) is 3.61. The van der Waals surface area contributed by atoms with Crippen LogP contribution in [0.2, 0.25) is 0 Å². The average Bonchev–Trinajstić information content (AvgIpc) is 2.61. The van der Waals surface area contributed by atoms with Crippen LogP contribution >= 0.6 is 15.9 Å². The maximum Gasteiger partial charge on any atom is 0.341 e. The number of nitrogens with two attached hydrogens (primary N) is 1. The summed E-state index contributed by atoms with van der Waals surface area (Å²) in [7, 11) is 1.29. The lowest BCUT2D eigenvalue weighted by atomic mass is 10.2. The smallest absolute Gasteiger partial charge is 0.341 e. The summed E-state index contributed by atoms with van der Waals surface area (Å²) >= 11 is 3.23. The van der Waals surface area contributed by atoms with Crippen molar-refractivity contribution >= 4 is 38.6 Å². The molecule has 0 aliphatic rings. The van der Waals surface area contributed by atoms with E-state index in [-0.39, 0.29) is 5.56 Å². The third-order valence-corrected chi connectivity index (χ3v) is 2.56. The number of nitrogens with one attached hydrogen (secondary N) is 1. The van der Waals surface area contributed by atoms with Gasteiger partial charge in [-0.25, -0.2) is 9.78 Å². The van der Waals surface area contributed by atoms with E-state index in [1.807, 2.05) is 0 Å². The highest BCUT2D eigenvalue weighted by molar-refractivity contribution is 9.10. The van der Waals surface area contributed by atoms with Crippen LogP contribution in [-0.4, -0.2) is 28.3 Å². The molecule has 0 saturated carbocycles. The maximum absolute atomic E-state index is 11.3. The van der Waals surface area contributed by atoms with Crippen LogP contribution in [0.15, 0.2) is 10.8 Å². The third kappa shape index (κ3) is 1.44. The summed E-state index contributed by atoms with van der Waals surface area (Å²) in [5.41, 5.74) is 6.79. The van der Waals surface area contributed by atoms with Crippen molar-refractivity contribution in [1.82, 2.24) is 15.2 Å². The van der Waals surface area contributed by atoms with E-state index in [1.54, 1.807) is 0 Å². The first-order chi connectivity index (χ1) is 7.15. The predicted octanol–water partition coefficient (Wildman–Crippen LogP) is 1.09. The molecule has 0 aliphatic heterocycles. The molecule has 78 valence electrons. The van der Waals surface area contributed by atoms with E-state index in [0.717, 1.165) is 0 Å². The Bertz CT molecular complexity index is 537. The highest BCUT2D eigenvalue weighted by atomic mass is 79.9. The fourth-order valence-electron chi connectivity index (χ4n) is 1.25. The molecule has 0 amide bonds. The SMILES string of the molecule is COC(=O)c1cnc2n[nH]c(Br)c2c1N. The minimum absolute atomic E-state index is 0.229. The number of nitrogens with zero attached hydrogens (tertiary/aromatic N) is 2.